The van der Waals surface area contributed by atoms with Crippen molar-refractivity contribution in [3.8, 4) is 5.75 Å². The Morgan fingerprint density at radius 3 is 2.76 bits per heavy atom. The van der Waals surface area contributed by atoms with E-state index < -0.39 is 6.10 Å². The van der Waals surface area contributed by atoms with Crippen molar-refractivity contribution in [1.29, 1.82) is 0 Å². The van der Waals surface area contributed by atoms with E-state index in [4.69, 9.17) is 4.74 Å². The number of hydrogen-bond acceptors (Lipinski definition) is 5. The Morgan fingerprint density at radius 2 is 2.00 bits per heavy atom. The number of aliphatic hydroxyl groups is 1. The molecule has 0 amide bonds. The molecule has 1 heterocycles. The molecule has 0 fully saturated rings. The summed E-state index contributed by atoms with van der Waals surface area (Å²) in [5, 5.41) is 21.5. The molecule has 6 nitrogen and oxygen atoms in total. The molecule has 25 heavy (non-hydrogen) atoms. The fraction of sp³-hybridized carbons (Fsp3) is 0.316. The van der Waals surface area contributed by atoms with Crippen LogP contribution in [0.5, 0.6) is 5.75 Å². The van der Waals surface area contributed by atoms with E-state index in [9.17, 15) is 5.11 Å². The molecule has 0 aliphatic rings. The van der Waals surface area contributed by atoms with Crippen molar-refractivity contribution in [2.45, 2.75) is 12.6 Å². The summed E-state index contributed by atoms with van der Waals surface area (Å²) in [7, 11) is 3.85. The standard InChI is InChI=1S/C19H24N4O2/c1-23(2)12-17(24)13-25-18-8-6-16(7-9-18)20-10-14-4-3-5-15-11-21-22-19(14)15/h3-9,11,17,20,24H,10,12-13H2,1-2H3,(H,21,22). The molecule has 1 atom stereocenters. The van der Waals surface area contributed by atoms with Crippen molar-refractivity contribution in [2.24, 2.45) is 0 Å². The van der Waals surface area contributed by atoms with E-state index in [1.54, 1.807) is 0 Å². The topological polar surface area (TPSA) is 73.4 Å². The molecule has 1 aromatic heterocycles. The van der Waals surface area contributed by atoms with E-state index in [1.165, 1.54) is 5.56 Å². The van der Waals surface area contributed by atoms with Gasteiger partial charge in [-0.25, -0.2) is 0 Å². The van der Waals surface area contributed by atoms with Gasteiger partial charge in [-0.05, 0) is 43.9 Å². The van der Waals surface area contributed by atoms with Crippen LogP contribution < -0.4 is 10.1 Å². The molecule has 3 N–H and O–H groups in total. The van der Waals surface area contributed by atoms with E-state index in [0.717, 1.165) is 22.3 Å². The maximum absolute atomic E-state index is 9.83. The molecule has 1 unspecified atom stereocenters. The molecule has 132 valence electrons. The van der Waals surface area contributed by atoms with Crippen molar-refractivity contribution in [3.63, 3.8) is 0 Å². The Labute approximate surface area is 147 Å². The van der Waals surface area contributed by atoms with Gasteiger partial charge in [-0.3, -0.25) is 5.10 Å². The Hall–Kier alpha value is -2.57. The van der Waals surface area contributed by atoms with Crippen LogP contribution in [-0.2, 0) is 6.54 Å². The zero-order valence-corrected chi connectivity index (χ0v) is 14.6. The van der Waals surface area contributed by atoms with Crippen LogP contribution >= 0.6 is 0 Å². The fourth-order valence-electron chi connectivity index (χ4n) is 2.71. The van der Waals surface area contributed by atoms with Gasteiger partial charge in [-0.15, -0.1) is 0 Å². The van der Waals surface area contributed by atoms with Crippen LogP contribution in [0.15, 0.2) is 48.7 Å². The molecule has 0 bridgehead atoms. The van der Waals surface area contributed by atoms with E-state index in [2.05, 4.69) is 21.6 Å². The molecule has 3 rings (SSSR count). The highest BCUT2D eigenvalue weighted by atomic mass is 16.5. The third-order valence-electron chi connectivity index (χ3n) is 3.92. The summed E-state index contributed by atoms with van der Waals surface area (Å²) in [5.41, 5.74) is 3.24. The van der Waals surface area contributed by atoms with E-state index in [0.29, 0.717) is 13.1 Å². The van der Waals surface area contributed by atoms with Crippen LogP contribution in [0.1, 0.15) is 5.56 Å². The largest absolute Gasteiger partial charge is 0.491 e. The van der Waals surface area contributed by atoms with Gasteiger partial charge in [-0.2, -0.15) is 5.10 Å². The lowest BCUT2D eigenvalue weighted by molar-refractivity contribution is 0.0831. The predicted octanol–water partition coefficient (Wildman–Crippen LogP) is 2.48. The van der Waals surface area contributed by atoms with E-state index in [1.807, 2.05) is 61.6 Å². The second-order valence-electron chi connectivity index (χ2n) is 6.36. The van der Waals surface area contributed by atoms with Gasteiger partial charge in [0.1, 0.15) is 18.5 Å². The normalized spacial score (nSPS) is 12.5. The number of hydrogen-bond donors (Lipinski definition) is 3. The Balaban J connectivity index is 1.53. The van der Waals surface area contributed by atoms with Crippen LogP contribution in [-0.4, -0.2) is 53.6 Å². The molecular weight excluding hydrogens is 316 g/mol. The second-order valence-corrected chi connectivity index (χ2v) is 6.36. The highest BCUT2D eigenvalue weighted by molar-refractivity contribution is 5.81. The maximum atomic E-state index is 9.83. The molecule has 0 saturated carbocycles. The lowest BCUT2D eigenvalue weighted by atomic mass is 10.1. The number of ether oxygens (including phenoxy) is 1. The highest BCUT2D eigenvalue weighted by Crippen LogP contribution is 2.19. The first-order valence-electron chi connectivity index (χ1n) is 8.32. The summed E-state index contributed by atoms with van der Waals surface area (Å²) in [5.74, 6) is 0.749. The summed E-state index contributed by atoms with van der Waals surface area (Å²) in [4.78, 5) is 1.93. The SMILES string of the molecule is CN(C)CC(O)COc1ccc(NCc2cccc3cn[nH]c23)cc1. The predicted molar refractivity (Wildman–Crippen MR) is 99.9 cm³/mol. The monoisotopic (exact) mass is 340 g/mol. The number of aromatic amines is 1. The summed E-state index contributed by atoms with van der Waals surface area (Å²) < 4.78 is 5.62. The number of benzene rings is 2. The van der Waals surface area contributed by atoms with Gasteiger partial charge in [0.15, 0.2) is 0 Å². The lowest BCUT2D eigenvalue weighted by Crippen LogP contribution is -2.30. The number of nitrogens with one attached hydrogen (secondary N) is 2. The summed E-state index contributed by atoms with van der Waals surface area (Å²) in [6, 6.07) is 13.9. The van der Waals surface area contributed by atoms with Gasteiger partial charge in [0, 0.05) is 24.2 Å². The molecule has 3 aromatic rings. The van der Waals surface area contributed by atoms with Gasteiger partial charge >= 0.3 is 0 Å². The van der Waals surface area contributed by atoms with Crippen LogP contribution in [0.3, 0.4) is 0 Å². The summed E-state index contributed by atoms with van der Waals surface area (Å²) in [6.07, 6.45) is 1.33. The number of rotatable bonds is 8. The lowest BCUT2D eigenvalue weighted by Gasteiger charge is -2.16. The first kappa shape index (κ1) is 17.3. The average molecular weight is 340 g/mol. The summed E-state index contributed by atoms with van der Waals surface area (Å²) in [6.45, 7) is 1.58. The van der Waals surface area contributed by atoms with Gasteiger partial charge in [0.2, 0.25) is 0 Å². The van der Waals surface area contributed by atoms with Crippen molar-refractivity contribution < 1.29 is 9.84 Å². The first-order valence-corrected chi connectivity index (χ1v) is 8.32. The van der Waals surface area contributed by atoms with Crippen LogP contribution in [0.2, 0.25) is 0 Å². The van der Waals surface area contributed by atoms with Crippen LogP contribution in [0.4, 0.5) is 5.69 Å². The number of para-hydroxylation sites is 1. The molecular formula is C19H24N4O2. The molecule has 6 heteroatoms. The smallest absolute Gasteiger partial charge is 0.119 e. The number of likely N-dealkylation sites (N-methyl/N-ethyl adjacent to an activating group) is 1. The van der Waals surface area contributed by atoms with Crippen molar-refractivity contribution in [3.05, 3.63) is 54.2 Å². The van der Waals surface area contributed by atoms with Gasteiger partial charge < -0.3 is 20.1 Å². The minimum atomic E-state index is -0.498. The number of aromatic nitrogens is 2. The quantitative estimate of drug-likeness (QED) is 0.587. The van der Waals surface area contributed by atoms with Crippen molar-refractivity contribution >= 4 is 16.6 Å². The van der Waals surface area contributed by atoms with Crippen LogP contribution in [0.25, 0.3) is 10.9 Å². The van der Waals surface area contributed by atoms with Crippen molar-refractivity contribution in [2.75, 3.05) is 32.6 Å². The Morgan fingerprint density at radius 1 is 1.20 bits per heavy atom. The van der Waals surface area contributed by atoms with Gasteiger partial charge in [0.25, 0.3) is 0 Å². The zero-order valence-electron chi connectivity index (χ0n) is 14.6. The number of nitrogens with zero attached hydrogens (tertiary/aromatic N) is 2. The van der Waals surface area contributed by atoms with E-state index >= 15 is 0 Å². The number of fused-ring (bicyclic) bond motifs is 1. The molecule has 0 aliphatic carbocycles. The van der Waals surface area contributed by atoms with E-state index in [-0.39, 0.29) is 6.61 Å². The molecule has 0 spiro atoms. The number of H-pyrrole nitrogens is 1. The molecule has 2 aromatic carbocycles. The minimum Gasteiger partial charge on any atom is -0.491 e. The number of aliphatic hydroxyl groups excluding tert-OH is 1. The zero-order chi connectivity index (χ0) is 17.6. The summed E-state index contributed by atoms with van der Waals surface area (Å²) >= 11 is 0. The average Bonchev–Trinajstić information content (AvgIpc) is 3.08. The first-order chi connectivity index (χ1) is 12.1. The number of anilines is 1. The Bertz CT molecular complexity index is 799. The third-order valence-corrected chi connectivity index (χ3v) is 3.92. The minimum absolute atomic E-state index is 0.285. The molecule has 0 saturated heterocycles. The molecule has 0 aliphatic heterocycles. The second kappa shape index (κ2) is 8.00. The van der Waals surface area contributed by atoms with Gasteiger partial charge in [0.05, 0.1) is 11.7 Å². The maximum Gasteiger partial charge on any atom is 0.119 e. The fourth-order valence-corrected chi connectivity index (χ4v) is 2.71. The third kappa shape index (κ3) is 4.71. The molecule has 0 radical (unpaired) electrons. The van der Waals surface area contributed by atoms with Gasteiger partial charge in [-0.1, -0.05) is 18.2 Å². The Kier molecular flexibility index (Phi) is 5.53. The van der Waals surface area contributed by atoms with Crippen LogP contribution in [0, 0.1) is 0 Å². The highest BCUT2D eigenvalue weighted by Gasteiger charge is 2.07. The van der Waals surface area contributed by atoms with Crippen molar-refractivity contribution in [1.82, 2.24) is 15.1 Å².